The van der Waals surface area contributed by atoms with Crippen LogP contribution in [0.2, 0.25) is 5.02 Å². The summed E-state index contributed by atoms with van der Waals surface area (Å²) in [6.07, 6.45) is 0. The number of rotatable bonds is 3. The standard InChI is InChI=1S/C17H16Cl2N2/c1-11-5-3-4-6-13(11)10-21-16-9-14(19)7-8-15(16)20-17(21)12(2)18/h3-9,12H,10H2,1-2H3. The molecule has 0 bridgehead atoms. The molecular formula is C17H16Cl2N2. The highest BCUT2D eigenvalue weighted by Crippen LogP contribution is 2.27. The normalized spacial score (nSPS) is 12.8. The first kappa shape index (κ1) is 14.4. The summed E-state index contributed by atoms with van der Waals surface area (Å²) >= 11 is 12.4. The van der Waals surface area contributed by atoms with Gasteiger partial charge in [0.05, 0.1) is 16.4 Å². The number of alkyl halides is 1. The zero-order chi connectivity index (χ0) is 15.0. The van der Waals surface area contributed by atoms with Crippen LogP contribution < -0.4 is 0 Å². The second-order valence-corrected chi connectivity index (χ2v) is 6.32. The van der Waals surface area contributed by atoms with Crippen LogP contribution in [0.5, 0.6) is 0 Å². The highest BCUT2D eigenvalue weighted by atomic mass is 35.5. The van der Waals surface area contributed by atoms with Crippen LogP contribution in [0.3, 0.4) is 0 Å². The molecule has 1 atom stereocenters. The lowest BCUT2D eigenvalue weighted by Gasteiger charge is -2.12. The Hall–Kier alpha value is -1.51. The summed E-state index contributed by atoms with van der Waals surface area (Å²) in [5.74, 6) is 0.872. The van der Waals surface area contributed by atoms with Crippen LogP contribution in [-0.2, 0) is 6.54 Å². The number of benzene rings is 2. The van der Waals surface area contributed by atoms with E-state index in [9.17, 15) is 0 Å². The molecule has 0 saturated heterocycles. The first-order valence-corrected chi connectivity index (χ1v) is 7.72. The molecule has 1 unspecified atom stereocenters. The predicted molar refractivity (Wildman–Crippen MR) is 89.3 cm³/mol. The van der Waals surface area contributed by atoms with E-state index in [-0.39, 0.29) is 5.38 Å². The van der Waals surface area contributed by atoms with Gasteiger partial charge in [0.25, 0.3) is 0 Å². The van der Waals surface area contributed by atoms with E-state index in [0.29, 0.717) is 5.02 Å². The highest BCUT2D eigenvalue weighted by molar-refractivity contribution is 6.31. The van der Waals surface area contributed by atoms with Gasteiger partial charge in [-0.25, -0.2) is 4.98 Å². The number of fused-ring (bicyclic) bond motifs is 1. The van der Waals surface area contributed by atoms with E-state index in [1.807, 2.05) is 31.2 Å². The van der Waals surface area contributed by atoms with Crippen molar-refractivity contribution >= 4 is 34.2 Å². The summed E-state index contributed by atoms with van der Waals surface area (Å²) in [6.45, 7) is 4.81. The third-order valence-electron chi connectivity index (χ3n) is 3.69. The third kappa shape index (κ3) is 2.78. The number of aromatic nitrogens is 2. The fourth-order valence-electron chi connectivity index (χ4n) is 2.54. The van der Waals surface area contributed by atoms with Gasteiger partial charge in [-0.15, -0.1) is 11.6 Å². The smallest absolute Gasteiger partial charge is 0.128 e. The first-order valence-electron chi connectivity index (χ1n) is 6.90. The van der Waals surface area contributed by atoms with Gasteiger partial charge in [-0.05, 0) is 43.2 Å². The van der Waals surface area contributed by atoms with Gasteiger partial charge in [0.15, 0.2) is 0 Å². The largest absolute Gasteiger partial charge is 0.322 e. The van der Waals surface area contributed by atoms with Crippen LogP contribution in [-0.4, -0.2) is 9.55 Å². The van der Waals surface area contributed by atoms with Gasteiger partial charge in [-0.2, -0.15) is 0 Å². The molecule has 0 saturated carbocycles. The van der Waals surface area contributed by atoms with E-state index in [2.05, 4.69) is 34.7 Å². The summed E-state index contributed by atoms with van der Waals surface area (Å²) in [7, 11) is 0. The molecule has 0 aliphatic carbocycles. The van der Waals surface area contributed by atoms with Gasteiger partial charge in [0.1, 0.15) is 5.82 Å². The number of halogens is 2. The Balaban J connectivity index is 2.17. The molecule has 0 aliphatic rings. The zero-order valence-corrected chi connectivity index (χ0v) is 13.5. The molecule has 0 aliphatic heterocycles. The van der Waals surface area contributed by atoms with Gasteiger partial charge in [0.2, 0.25) is 0 Å². The monoisotopic (exact) mass is 318 g/mol. The molecule has 0 fully saturated rings. The van der Waals surface area contributed by atoms with E-state index in [4.69, 9.17) is 23.2 Å². The van der Waals surface area contributed by atoms with E-state index < -0.39 is 0 Å². The molecule has 4 heteroatoms. The van der Waals surface area contributed by atoms with Crippen molar-refractivity contribution in [1.82, 2.24) is 9.55 Å². The van der Waals surface area contributed by atoms with Crippen molar-refractivity contribution in [1.29, 1.82) is 0 Å². The number of imidazole rings is 1. The highest BCUT2D eigenvalue weighted by Gasteiger charge is 2.16. The lowest BCUT2D eigenvalue weighted by Crippen LogP contribution is -2.06. The van der Waals surface area contributed by atoms with Crippen molar-refractivity contribution in [3.63, 3.8) is 0 Å². The molecule has 0 N–H and O–H groups in total. The Morgan fingerprint density at radius 1 is 1.19 bits per heavy atom. The number of aryl methyl sites for hydroxylation is 1. The summed E-state index contributed by atoms with van der Waals surface area (Å²) < 4.78 is 2.15. The molecular weight excluding hydrogens is 303 g/mol. The summed E-state index contributed by atoms with van der Waals surface area (Å²) in [5, 5.41) is 0.558. The summed E-state index contributed by atoms with van der Waals surface area (Å²) in [6, 6.07) is 14.1. The fraction of sp³-hybridized carbons (Fsp3) is 0.235. The minimum atomic E-state index is -0.153. The summed E-state index contributed by atoms with van der Waals surface area (Å²) in [4.78, 5) is 4.65. The molecule has 3 rings (SSSR count). The Kier molecular flexibility index (Phi) is 3.92. The fourth-order valence-corrected chi connectivity index (χ4v) is 2.88. The van der Waals surface area contributed by atoms with Gasteiger partial charge >= 0.3 is 0 Å². The second kappa shape index (κ2) is 5.70. The Labute approximate surface area is 134 Å². The average molecular weight is 319 g/mol. The van der Waals surface area contributed by atoms with Gasteiger partial charge in [-0.3, -0.25) is 0 Å². The summed E-state index contributed by atoms with van der Waals surface area (Å²) in [5.41, 5.74) is 4.47. The molecule has 21 heavy (non-hydrogen) atoms. The van der Waals surface area contributed by atoms with Crippen LogP contribution in [0.15, 0.2) is 42.5 Å². The van der Waals surface area contributed by atoms with Crippen LogP contribution >= 0.6 is 23.2 Å². The van der Waals surface area contributed by atoms with Crippen LogP contribution in [0, 0.1) is 6.92 Å². The number of hydrogen-bond donors (Lipinski definition) is 0. The second-order valence-electron chi connectivity index (χ2n) is 5.23. The lowest BCUT2D eigenvalue weighted by molar-refractivity contribution is 0.739. The Morgan fingerprint density at radius 2 is 1.95 bits per heavy atom. The van der Waals surface area contributed by atoms with Gasteiger partial charge in [0, 0.05) is 11.6 Å². The zero-order valence-electron chi connectivity index (χ0n) is 12.0. The Morgan fingerprint density at radius 3 is 2.67 bits per heavy atom. The molecule has 2 aromatic carbocycles. The van der Waals surface area contributed by atoms with Crippen molar-refractivity contribution in [2.75, 3.05) is 0 Å². The maximum atomic E-state index is 6.31. The quantitative estimate of drug-likeness (QED) is 0.595. The van der Waals surface area contributed by atoms with Crippen molar-refractivity contribution in [3.05, 3.63) is 64.4 Å². The lowest BCUT2D eigenvalue weighted by atomic mass is 10.1. The molecule has 2 nitrogen and oxygen atoms in total. The van der Waals surface area contributed by atoms with Gasteiger partial charge < -0.3 is 4.57 Å². The first-order chi connectivity index (χ1) is 10.1. The molecule has 3 aromatic rings. The SMILES string of the molecule is Cc1ccccc1Cn1c(C(C)Cl)nc2ccc(Cl)cc21. The van der Waals surface area contributed by atoms with Crippen LogP contribution in [0.1, 0.15) is 29.3 Å². The predicted octanol–water partition coefficient (Wildman–Crippen LogP) is 5.35. The maximum absolute atomic E-state index is 6.31. The van der Waals surface area contributed by atoms with E-state index >= 15 is 0 Å². The van der Waals surface area contributed by atoms with E-state index in [1.165, 1.54) is 11.1 Å². The molecule has 0 spiro atoms. The Bertz CT molecular complexity index is 791. The molecule has 0 radical (unpaired) electrons. The molecule has 108 valence electrons. The van der Waals surface area contributed by atoms with Crippen molar-refractivity contribution in [2.45, 2.75) is 25.8 Å². The van der Waals surface area contributed by atoms with E-state index in [1.54, 1.807) is 0 Å². The average Bonchev–Trinajstić information content (AvgIpc) is 2.80. The maximum Gasteiger partial charge on any atom is 0.128 e. The van der Waals surface area contributed by atoms with E-state index in [0.717, 1.165) is 23.4 Å². The minimum Gasteiger partial charge on any atom is -0.322 e. The molecule has 1 aromatic heterocycles. The van der Waals surface area contributed by atoms with Crippen molar-refractivity contribution in [2.24, 2.45) is 0 Å². The number of nitrogens with zero attached hydrogens (tertiary/aromatic N) is 2. The van der Waals surface area contributed by atoms with Crippen molar-refractivity contribution < 1.29 is 0 Å². The van der Waals surface area contributed by atoms with Crippen LogP contribution in [0.4, 0.5) is 0 Å². The van der Waals surface area contributed by atoms with Gasteiger partial charge in [-0.1, -0.05) is 35.9 Å². The minimum absolute atomic E-state index is 0.153. The van der Waals surface area contributed by atoms with Crippen LogP contribution in [0.25, 0.3) is 11.0 Å². The number of hydrogen-bond acceptors (Lipinski definition) is 1. The van der Waals surface area contributed by atoms with Crippen molar-refractivity contribution in [3.8, 4) is 0 Å². The third-order valence-corrected chi connectivity index (χ3v) is 4.12. The molecule has 0 amide bonds. The molecule has 1 heterocycles. The topological polar surface area (TPSA) is 17.8 Å².